The Balaban J connectivity index is 1.93. The summed E-state index contributed by atoms with van der Waals surface area (Å²) in [7, 11) is 0. The lowest BCUT2D eigenvalue weighted by Crippen LogP contribution is -2.52. The molecule has 1 aromatic rings. The zero-order chi connectivity index (χ0) is 31.0. The van der Waals surface area contributed by atoms with E-state index in [9.17, 15) is 28.3 Å². The molecule has 0 bridgehead atoms. The lowest BCUT2D eigenvalue weighted by atomic mass is 9.63. The third-order valence-corrected chi connectivity index (χ3v) is 7.94. The molecule has 1 heterocycles. The number of benzene rings is 1. The highest BCUT2D eigenvalue weighted by atomic mass is 19.1. The highest BCUT2D eigenvalue weighted by Crippen LogP contribution is 2.44. The van der Waals surface area contributed by atoms with Crippen LogP contribution in [0.1, 0.15) is 52.5 Å². The first-order valence-corrected chi connectivity index (χ1v) is 14.7. The van der Waals surface area contributed by atoms with Gasteiger partial charge in [-0.3, -0.25) is 9.59 Å². The maximum atomic E-state index is 14.2. The van der Waals surface area contributed by atoms with E-state index < -0.39 is 47.2 Å². The monoisotopic (exact) mass is 590 g/mol. The number of likely N-dealkylation sites (N-methyl/N-ethyl adjacent to an activating group) is 1. The lowest BCUT2D eigenvalue weighted by Gasteiger charge is -2.42. The van der Waals surface area contributed by atoms with Gasteiger partial charge in [0.05, 0.1) is 18.1 Å². The predicted octanol–water partition coefficient (Wildman–Crippen LogP) is 3.31. The highest BCUT2D eigenvalue weighted by molar-refractivity contribution is 5.97. The number of aliphatic hydroxyl groups is 1. The van der Waals surface area contributed by atoms with Gasteiger partial charge in [0.2, 0.25) is 11.8 Å². The average Bonchev–Trinajstić information content (AvgIpc) is 3.29. The molecule has 42 heavy (non-hydrogen) atoms. The Morgan fingerprint density at radius 1 is 1.19 bits per heavy atom. The number of amides is 3. The number of carbonyl (C=O) groups excluding carboxylic acids is 3. The van der Waals surface area contributed by atoms with Gasteiger partial charge in [0.25, 0.3) is 0 Å². The largest absolute Gasteiger partial charge is 0.443 e. The minimum absolute atomic E-state index is 0.0185. The van der Waals surface area contributed by atoms with Crippen LogP contribution in [0.25, 0.3) is 0 Å². The fourth-order valence-corrected chi connectivity index (χ4v) is 6.03. The van der Waals surface area contributed by atoms with Crippen molar-refractivity contribution in [2.45, 2.75) is 65.6 Å². The van der Waals surface area contributed by atoms with Gasteiger partial charge in [0.15, 0.2) is 0 Å². The number of nitrogens with one attached hydrogen (secondary N) is 1. The normalized spacial score (nSPS) is 21.8. The summed E-state index contributed by atoms with van der Waals surface area (Å²) in [4.78, 5) is 42.2. The molecule has 1 saturated heterocycles. The van der Waals surface area contributed by atoms with Crippen LogP contribution in [0, 0.1) is 23.0 Å². The van der Waals surface area contributed by atoms with E-state index in [2.05, 4.69) is 5.32 Å². The Hall–Kier alpha value is -3.31. The Labute approximate surface area is 246 Å². The zero-order valence-electron chi connectivity index (χ0n) is 25.0. The van der Waals surface area contributed by atoms with Crippen LogP contribution < -0.4 is 11.1 Å². The Morgan fingerprint density at radius 3 is 2.38 bits per heavy atom. The summed E-state index contributed by atoms with van der Waals surface area (Å²) in [6.07, 6.45) is 2.74. The number of hydrogen-bond donors (Lipinski definition) is 3. The molecule has 0 spiro atoms. The minimum atomic E-state index is -1.52. The van der Waals surface area contributed by atoms with E-state index in [1.165, 1.54) is 0 Å². The highest BCUT2D eigenvalue weighted by Gasteiger charge is 2.48. The van der Waals surface area contributed by atoms with E-state index in [1.807, 2.05) is 20.8 Å². The number of cyclic esters (lactones) is 1. The topological polar surface area (TPSA) is 125 Å². The van der Waals surface area contributed by atoms with Gasteiger partial charge in [0, 0.05) is 50.3 Å². The van der Waals surface area contributed by atoms with Crippen molar-refractivity contribution in [2.24, 2.45) is 17.1 Å². The van der Waals surface area contributed by atoms with Crippen molar-refractivity contribution in [3.63, 3.8) is 0 Å². The quantitative estimate of drug-likeness (QED) is 0.288. The van der Waals surface area contributed by atoms with E-state index in [4.69, 9.17) is 10.5 Å². The molecule has 0 aromatic heterocycles. The van der Waals surface area contributed by atoms with Crippen LogP contribution in [0.15, 0.2) is 41.5 Å². The molecular weight excluding hydrogens is 546 g/mol. The van der Waals surface area contributed by atoms with Crippen molar-refractivity contribution in [3.8, 4) is 0 Å². The maximum Gasteiger partial charge on any atom is 0.410 e. The predicted molar refractivity (Wildman–Crippen MR) is 155 cm³/mol. The zero-order valence-corrected chi connectivity index (χ0v) is 25.0. The summed E-state index contributed by atoms with van der Waals surface area (Å²) in [5, 5.41) is 14.7. The van der Waals surface area contributed by atoms with E-state index in [0.717, 1.165) is 31.0 Å². The van der Waals surface area contributed by atoms with Crippen LogP contribution in [-0.4, -0.2) is 84.3 Å². The summed E-state index contributed by atoms with van der Waals surface area (Å²) in [5.41, 5.74) is 5.82. The Bertz CT molecular complexity index is 1180. The number of nitrogens with two attached hydrogens (primary N) is 1. The van der Waals surface area contributed by atoms with Gasteiger partial charge in [-0.25, -0.2) is 13.6 Å². The standard InChI is InChI=1S/C31H44F2N4O5/c1-5-8-37(9-6-2)28(39)22-10-20(4)15-31(16-22,29(34)40)26(13-21-11-23(32)14-24(33)12-21)27(38)18-35-17-25-19-36(7-3)30(41)42-25/h10-12,14-15,25-27,35,38H,5-9,13,16-19H2,1-4H3,(H2,34,40)/t25-,26-,27+,31?/m1/s1. The second-order valence-corrected chi connectivity index (χ2v) is 11.3. The van der Waals surface area contributed by atoms with Gasteiger partial charge in [0.1, 0.15) is 17.7 Å². The molecule has 232 valence electrons. The minimum Gasteiger partial charge on any atom is -0.443 e. The molecule has 2 aliphatic rings. The van der Waals surface area contributed by atoms with Gasteiger partial charge < -0.3 is 30.7 Å². The second-order valence-electron chi connectivity index (χ2n) is 11.3. The number of ether oxygens (including phenoxy) is 1. The van der Waals surface area contributed by atoms with Gasteiger partial charge in [-0.15, -0.1) is 0 Å². The average molecular weight is 591 g/mol. The first-order chi connectivity index (χ1) is 19.9. The molecule has 1 unspecified atom stereocenters. The summed E-state index contributed by atoms with van der Waals surface area (Å²) in [6, 6.07) is 3.07. The van der Waals surface area contributed by atoms with Crippen molar-refractivity contribution in [3.05, 3.63) is 58.7 Å². The van der Waals surface area contributed by atoms with E-state index in [-0.39, 0.29) is 37.4 Å². The lowest BCUT2D eigenvalue weighted by molar-refractivity contribution is -0.132. The SMILES string of the molecule is CCCN(CCC)C(=O)C1=CC(C)=CC(C(N)=O)([C@H](Cc2cc(F)cc(F)c2)[C@@H](O)CNC[C@@H]2CN(CC)C(=O)O2)C1. The number of aliphatic hydroxyl groups excluding tert-OH is 1. The maximum absolute atomic E-state index is 14.2. The summed E-state index contributed by atoms with van der Waals surface area (Å²) in [6.45, 7) is 9.82. The first kappa shape index (κ1) is 33.2. The van der Waals surface area contributed by atoms with Crippen molar-refractivity contribution in [1.82, 2.24) is 15.1 Å². The van der Waals surface area contributed by atoms with Gasteiger partial charge in [-0.05, 0) is 57.2 Å². The van der Waals surface area contributed by atoms with Crippen molar-refractivity contribution in [1.29, 1.82) is 0 Å². The number of halogens is 2. The molecular formula is C31H44F2N4O5. The van der Waals surface area contributed by atoms with Crippen LogP contribution in [0.4, 0.5) is 13.6 Å². The second kappa shape index (κ2) is 14.7. The van der Waals surface area contributed by atoms with Gasteiger partial charge in [-0.2, -0.15) is 0 Å². The van der Waals surface area contributed by atoms with Gasteiger partial charge in [-0.1, -0.05) is 31.6 Å². The molecule has 0 radical (unpaired) electrons. The molecule has 3 rings (SSSR count). The molecule has 1 aliphatic carbocycles. The van der Waals surface area contributed by atoms with Crippen LogP contribution >= 0.6 is 0 Å². The van der Waals surface area contributed by atoms with Gasteiger partial charge >= 0.3 is 6.09 Å². The van der Waals surface area contributed by atoms with E-state index in [1.54, 1.807) is 28.9 Å². The molecule has 4 N–H and O–H groups in total. The number of allylic oxidation sites excluding steroid dienone is 2. The fourth-order valence-electron chi connectivity index (χ4n) is 6.03. The summed E-state index contributed by atoms with van der Waals surface area (Å²) < 4.78 is 33.7. The molecule has 1 aliphatic heterocycles. The van der Waals surface area contributed by atoms with E-state index >= 15 is 0 Å². The van der Waals surface area contributed by atoms with Crippen LogP contribution in [0.2, 0.25) is 0 Å². The molecule has 1 aromatic carbocycles. The van der Waals surface area contributed by atoms with Crippen molar-refractivity contribution >= 4 is 17.9 Å². The fraction of sp³-hybridized carbons (Fsp3) is 0.581. The van der Waals surface area contributed by atoms with Crippen LogP contribution in [0.3, 0.4) is 0 Å². The summed E-state index contributed by atoms with van der Waals surface area (Å²) >= 11 is 0. The Kier molecular flexibility index (Phi) is 11.6. The third kappa shape index (κ3) is 7.95. The molecule has 11 heteroatoms. The van der Waals surface area contributed by atoms with Crippen molar-refractivity contribution in [2.75, 3.05) is 39.3 Å². The van der Waals surface area contributed by atoms with Crippen LogP contribution in [0.5, 0.6) is 0 Å². The molecule has 3 amide bonds. The van der Waals surface area contributed by atoms with Crippen LogP contribution in [-0.2, 0) is 20.7 Å². The first-order valence-electron chi connectivity index (χ1n) is 14.7. The molecule has 4 atom stereocenters. The number of hydrogen-bond acceptors (Lipinski definition) is 6. The Morgan fingerprint density at radius 2 is 1.83 bits per heavy atom. The molecule has 1 fully saturated rings. The smallest absolute Gasteiger partial charge is 0.410 e. The summed E-state index contributed by atoms with van der Waals surface area (Å²) in [5.74, 6) is -3.47. The van der Waals surface area contributed by atoms with Crippen molar-refractivity contribution < 1.29 is 33.0 Å². The number of rotatable bonds is 15. The molecule has 9 nitrogen and oxygen atoms in total. The third-order valence-electron chi connectivity index (χ3n) is 7.94. The van der Waals surface area contributed by atoms with E-state index in [0.29, 0.717) is 37.3 Å². The number of primary amides is 1. The number of nitrogens with zero attached hydrogens (tertiary/aromatic N) is 2. The molecule has 0 saturated carbocycles. The number of carbonyl (C=O) groups is 3.